The van der Waals surface area contributed by atoms with E-state index in [1.165, 1.54) is 0 Å². The first kappa shape index (κ1) is 15.4. The van der Waals surface area contributed by atoms with Crippen LogP contribution in [-0.2, 0) is 6.54 Å². The average molecular weight is 287 g/mol. The van der Waals surface area contributed by atoms with Gasteiger partial charge in [-0.15, -0.1) is 0 Å². The molecule has 0 aliphatic carbocycles. The Balaban J connectivity index is 1.70. The van der Waals surface area contributed by atoms with Crippen LogP contribution in [0.5, 0.6) is 11.5 Å². The van der Waals surface area contributed by atoms with Gasteiger partial charge in [-0.1, -0.05) is 36.4 Å². The van der Waals surface area contributed by atoms with Crippen molar-refractivity contribution in [3.63, 3.8) is 0 Å². The molecule has 2 aromatic rings. The van der Waals surface area contributed by atoms with Crippen molar-refractivity contribution in [2.24, 2.45) is 0 Å². The lowest BCUT2D eigenvalue weighted by atomic mass is 10.2. The molecule has 0 amide bonds. The third kappa shape index (κ3) is 5.10. The topological polar surface area (TPSA) is 50.7 Å². The molecule has 21 heavy (non-hydrogen) atoms. The second-order valence-corrected chi connectivity index (χ2v) is 4.72. The van der Waals surface area contributed by atoms with Gasteiger partial charge in [0.15, 0.2) is 0 Å². The minimum atomic E-state index is -0.556. The number of rotatable bonds is 8. The van der Waals surface area contributed by atoms with E-state index in [0.717, 1.165) is 17.1 Å². The zero-order valence-electron chi connectivity index (χ0n) is 12.2. The fourth-order valence-corrected chi connectivity index (χ4v) is 1.99. The van der Waals surface area contributed by atoms with Crippen LogP contribution < -0.4 is 14.8 Å². The van der Waals surface area contributed by atoms with Gasteiger partial charge in [-0.25, -0.2) is 0 Å². The lowest BCUT2D eigenvalue weighted by molar-refractivity contribution is 0.106. The first-order valence-corrected chi connectivity index (χ1v) is 6.98. The number of aliphatic hydroxyl groups excluding tert-OH is 1. The summed E-state index contributed by atoms with van der Waals surface area (Å²) in [6.07, 6.45) is -0.556. The predicted molar refractivity (Wildman–Crippen MR) is 82.6 cm³/mol. The molecule has 4 nitrogen and oxygen atoms in total. The van der Waals surface area contributed by atoms with Crippen LogP contribution in [0.15, 0.2) is 54.6 Å². The van der Waals surface area contributed by atoms with E-state index < -0.39 is 6.10 Å². The maximum atomic E-state index is 9.90. The van der Waals surface area contributed by atoms with E-state index in [2.05, 4.69) is 5.32 Å². The van der Waals surface area contributed by atoms with Crippen molar-refractivity contribution in [2.75, 3.05) is 20.3 Å². The van der Waals surface area contributed by atoms with Crippen LogP contribution in [0.1, 0.15) is 5.56 Å². The number of para-hydroxylation sites is 2. The lowest BCUT2D eigenvalue weighted by Gasteiger charge is -2.14. The molecule has 2 rings (SSSR count). The molecule has 0 saturated heterocycles. The maximum absolute atomic E-state index is 9.90. The number of hydrogen-bond donors (Lipinski definition) is 2. The van der Waals surface area contributed by atoms with Gasteiger partial charge in [0.1, 0.15) is 24.2 Å². The summed E-state index contributed by atoms with van der Waals surface area (Å²) in [5.74, 6) is 1.61. The van der Waals surface area contributed by atoms with Gasteiger partial charge in [0.25, 0.3) is 0 Å². The van der Waals surface area contributed by atoms with Crippen LogP contribution in [0, 0.1) is 0 Å². The van der Waals surface area contributed by atoms with Crippen molar-refractivity contribution in [2.45, 2.75) is 12.6 Å². The van der Waals surface area contributed by atoms with E-state index in [9.17, 15) is 5.11 Å². The molecule has 0 aromatic heterocycles. The highest BCUT2D eigenvalue weighted by atomic mass is 16.5. The Morgan fingerprint density at radius 3 is 2.52 bits per heavy atom. The Bertz CT molecular complexity index is 531. The number of ether oxygens (including phenoxy) is 2. The second-order valence-electron chi connectivity index (χ2n) is 4.72. The first-order valence-electron chi connectivity index (χ1n) is 6.98. The summed E-state index contributed by atoms with van der Waals surface area (Å²) in [7, 11) is 1.65. The Morgan fingerprint density at radius 2 is 1.76 bits per heavy atom. The number of aliphatic hydroxyl groups is 1. The third-order valence-corrected chi connectivity index (χ3v) is 3.07. The normalized spacial score (nSPS) is 11.9. The smallest absolute Gasteiger partial charge is 0.123 e. The summed E-state index contributed by atoms with van der Waals surface area (Å²) in [5.41, 5.74) is 1.07. The number of methoxy groups -OCH3 is 1. The molecule has 112 valence electrons. The molecule has 0 bridgehead atoms. The fraction of sp³-hybridized carbons (Fsp3) is 0.294. The van der Waals surface area contributed by atoms with E-state index in [4.69, 9.17) is 9.47 Å². The van der Waals surface area contributed by atoms with Gasteiger partial charge in [0.05, 0.1) is 7.11 Å². The number of hydrogen-bond acceptors (Lipinski definition) is 4. The van der Waals surface area contributed by atoms with Crippen molar-refractivity contribution in [3.05, 3.63) is 60.2 Å². The van der Waals surface area contributed by atoms with Crippen molar-refractivity contribution in [1.82, 2.24) is 5.32 Å². The summed E-state index contributed by atoms with van der Waals surface area (Å²) in [6, 6.07) is 17.3. The highest BCUT2D eigenvalue weighted by Crippen LogP contribution is 2.16. The van der Waals surface area contributed by atoms with Gasteiger partial charge < -0.3 is 19.9 Å². The zero-order valence-corrected chi connectivity index (χ0v) is 12.2. The summed E-state index contributed by atoms with van der Waals surface area (Å²) in [6.45, 7) is 1.38. The van der Waals surface area contributed by atoms with Crippen molar-refractivity contribution < 1.29 is 14.6 Å². The quantitative estimate of drug-likeness (QED) is 0.781. The van der Waals surface area contributed by atoms with Crippen LogP contribution >= 0.6 is 0 Å². The molecule has 0 heterocycles. The third-order valence-electron chi connectivity index (χ3n) is 3.07. The fourth-order valence-electron chi connectivity index (χ4n) is 1.99. The van der Waals surface area contributed by atoms with Gasteiger partial charge in [0.2, 0.25) is 0 Å². The number of nitrogens with one attached hydrogen (secondary N) is 1. The summed E-state index contributed by atoms with van der Waals surface area (Å²) in [5, 5.41) is 13.1. The largest absolute Gasteiger partial charge is 0.496 e. The Morgan fingerprint density at radius 1 is 1.05 bits per heavy atom. The highest BCUT2D eigenvalue weighted by molar-refractivity contribution is 5.32. The van der Waals surface area contributed by atoms with Crippen LogP contribution in [0.25, 0.3) is 0 Å². The first-order chi connectivity index (χ1) is 10.3. The van der Waals surface area contributed by atoms with Crippen molar-refractivity contribution >= 4 is 0 Å². The molecule has 0 fully saturated rings. The van der Waals surface area contributed by atoms with Gasteiger partial charge in [0, 0.05) is 18.7 Å². The predicted octanol–water partition coefficient (Wildman–Crippen LogP) is 2.22. The van der Waals surface area contributed by atoms with Crippen molar-refractivity contribution in [1.29, 1.82) is 0 Å². The standard InChI is InChI=1S/C17H21NO3/c1-20-17-10-6-5-7-14(17)11-18-12-15(19)13-21-16-8-3-2-4-9-16/h2-10,15,18-19H,11-13H2,1H3. The van der Waals surface area contributed by atoms with Crippen LogP contribution in [0.2, 0.25) is 0 Å². The zero-order chi connectivity index (χ0) is 14.9. The summed E-state index contributed by atoms with van der Waals surface area (Å²) >= 11 is 0. The SMILES string of the molecule is COc1ccccc1CNCC(O)COc1ccccc1. The Hall–Kier alpha value is -2.04. The van der Waals surface area contributed by atoms with E-state index in [1.54, 1.807) is 7.11 Å². The monoisotopic (exact) mass is 287 g/mol. The average Bonchev–Trinajstić information content (AvgIpc) is 2.54. The molecular formula is C17H21NO3. The molecular weight excluding hydrogens is 266 g/mol. The summed E-state index contributed by atoms with van der Waals surface area (Å²) < 4.78 is 10.8. The number of benzene rings is 2. The van der Waals surface area contributed by atoms with Gasteiger partial charge in [-0.2, -0.15) is 0 Å². The molecule has 0 spiro atoms. The van der Waals surface area contributed by atoms with E-state index >= 15 is 0 Å². The van der Waals surface area contributed by atoms with Gasteiger partial charge in [-0.05, 0) is 18.2 Å². The van der Waals surface area contributed by atoms with E-state index in [1.807, 2.05) is 54.6 Å². The molecule has 0 radical (unpaired) electrons. The van der Waals surface area contributed by atoms with Gasteiger partial charge in [-0.3, -0.25) is 0 Å². The van der Waals surface area contributed by atoms with Gasteiger partial charge >= 0.3 is 0 Å². The molecule has 4 heteroatoms. The lowest BCUT2D eigenvalue weighted by Crippen LogP contribution is -2.31. The van der Waals surface area contributed by atoms with E-state index in [-0.39, 0.29) is 6.61 Å². The molecule has 0 aliphatic rings. The second kappa shape index (κ2) is 8.29. The molecule has 2 aromatic carbocycles. The highest BCUT2D eigenvalue weighted by Gasteiger charge is 2.06. The van der Waals surface area contributed by atoms with Crippen molar-refractivity contribution in [3.8, 4) is 11.5 Å². The minimum absolute atomic E-state index is 0.267. The molecule has 0 saturated carbocycles. The van der Waals surface area contributed by atoms with Crippen LogP contribution in [0.4, 0.5) is 0 Å². The van der Waals surface area contributed by atoms with Crippen LogP contribution in [-0.4, -0.2) is 31.5 Å². The Kier molecular flexibility index (Phi) is 6.06. The van der Waals surface area contributed by atoms with E-state index in [0.29, 0.717) is 13.1 Å². The molecule has 0 aliphatic heterocycles. The molecule has 1 atom stereocenters. The summed E-state index contributed by atoms with van der Waals surface area (Å²) in [4.78, 5) is 0. The molecule has 1 unspecified atom stereocenters. The maximum Gasteiger partial charge on any atom is 0.123 e. The minimum Gasteiger partial charge on any atom is -0.496 e. The Labute approximate surface area is 125 Å². The van der Waals surface area contributed by atoms with Crippen LogP contribution in [0.3, 0.4) is 0 Å². The molecule has 2 N–H and O–H groups in total.